The number of unbranched alkanes of at least 4 members (excludes halogenated alkanes) is 2. The normalized spacial score (nSPS) is 10.5. The second kappa shape index (κ2) is 7.07. The summed E-state index contributed by atoms with van der Waals surface area (Å²) in [4.78, 5) is 5.37. The maximum Gasteiger partial charge on any atom is 0.178 e. The largest absolute Gasteiger partial charge is 0.396 e. The van der Waals surface area contributed by atoms with Crippen LogP contribution in [0.2, 0.25) is 0 Å². The van der Waals surface area contributed by atoms with Gasteiger partial charge in [-0.15, -0.1) is 0 Å². The van der Waals surface area contributed by atoms with Crippen molar-refractivity contribution in [1.29, 1.82) is 0 Å². The second-order valence-electron chi connectivity index (χ2n) is 3.97. The van der Waals surface area contributed by atoms with E-state index in [-0.39, 0.29) is 18.2 Å². The van der Waals surface area contributed by atoms with Crippen molar-refractivity contribution >= 4 is 11.6 Å². The van der Waals surface area contributed by atoms with Crippen LogP contribution in [-0.2, 0) is 0 Å². The van der Waals surface area contributed by atoms with Crippen LogP contribution in [0.5, 0.6) is 0 Å². The van der Waals surface area contributed by atoms with Crippen LogP contribution in [0, 0.1) is 11.6 Å². The molecule has 102 valence electrons. The molecule has 5 nitrogen and oxygen atoms in total. The molecule has 0 fully saturated rings. The number of aliphatic hydroxyl groups is 1. The van der Waals surface area contributed by atoms with Gasteiger partial charge in [0.25, 0.3) is 0 Å². The molecule has 1 heterocycles. The smallest absolute Gasteiger partial charge is 0.178 e. The maximum atomic E-state index is 13.5. The van der Waals surface area contributed by atoms with Gasteiger partial charge in [-0.3, -0.25) is 0 Å². The van der Waals surface area contributed by atoms with E-state index < -0.39 is 11.6 Å². The molecule has 0 aliphatic heterocycles. The number of pyridine rings is 1. The van der Waals surface area contributed by atoms with Crippen molar-refractivity contribution in [3.8, 4) is 0 Å². The Morgan fingerprint density at radius 2 is 2.06 bits per heavy atom. The summed E-state index contributed by atoms with van der Waals surface area (Å²) in [6.07, 6.45) is 2.34. The highest BCUT2D eigenvalue weighted by molar-refractivity contribution is 5.48. The lowest BCUT2D eigenvalue weighted by molar-refractivity contribution is 0.283. The lowest BCUT2D eigenvalue weighted by Gasteiger charge is -2.19. The average Bonchev–Trinajstić information content (AvgIpc) is 2.34. The number of hydrazine groups is 1. The Bertz CT molecular complexity index is 390. The highest BCUT2D eigenvalue weighted by Crippen LogP contribution is 2.21. The number of nitrogens with one attached hydrogen (secondary N) is 1. The number of nitrogens with two attached hydrogens (primary N) is 1. The molecule has 0 aromatic carbocycles. The van der Waals surface area contributed by atoms with Gasteiger partial charge in [0.15, 0.2) is 23.3 Å². The Kier molecular flexibility index (Phi) is 5.73. The van der Waals surface area contributed by atoms with Crippen molar-refractivity contribution in [2.24, 2.45) is 5.84 Å². The third kappa shape index (κ3) is 3.78. The van der Waals surface area contributed by atoms with E-state index in [0.717, 1.165) is 18.9 Å². The minimum atomic E-state index is -0.826. The predicted octanol–water partition coefficient (Wildman–Crippen LogP) is 1.24. The number of anilines is 2. The van der Waals surface area contributed by atoms with Gasteiger partial charge in [-0.1, -0.05) is 0 Å². The van der Waals surface area contributed by atoms with Gasteiger partial charge in [0, 0.05) is 26.3 Å². The molecular weight excluding hydrogens is 242 g/mol. The molecular formula is C11H18F2N4O. The number of aromatic nitrogens is 1. The third-order valence-corrected chi connectivity index (χ3v) is 2.56. The quantitative estimate of drug-likeness (QED) is 0.391. The summed E-state index contributed by atoms with van der Waals surface area (Å²) in [6, 6.07) is 0.752. The van der Waals surface area contributed by atoms with Gasteiger partial charge in [-0.25, -0.2) is 19.6 Å². The third-order valence-electron chi connectivity index (χ3n) is 2.56. The fraction of sp³-hybridized carbons (Fsp3) is 0.545. The number of rotatable bonds is 7. The van der Waals surface area contributed by atoms with Crippen LogP contribution in [0.4, 0.5) is 20.4 Å². The predicted molar refractivity (Wildman–Crippen MR) is 66.2 cm³/mol. The average molecular weight is 260 g/mol. The molecule has 0 atom stereocenters. The zero-order valence-electron chi connectivity index (χ0n) is 10.3. The molecule has 18 heavy (non-hydrogen) atoms. The van der Waals surface area contributed by atoms with Crippen LogP contribution < -0.4 is 16.2 Å². The van der Waals surface area contributed by atoms with E-state index in [4.69, 9.17) is 10.9 Å². The van der Waals surface area contributed by atoms with E-state index in [2.05, 4.69) is 10.4 Å². The van der Waals surface area contributed by atoms with Crippen LogP contribution in [0.15, 0.2) is 6.07 Å². The summed E-state index contributed by atoms with van der Waals surface area (Å²) in [5, 5.41) is 8.64. The molecule has 4 N–H and O–H groups in total. The molecule has 0 saturated carbocycles. The summed E-state index contributed by atoms with van der Waals surface area (Å²) in [6.45, 7) is 0.716. The molecule has 0 unspecified atom stereocenters. The second-order valence-corrected chi connectivity index (χ2v) is 3.97. The number of nitrogen functional groups attached to an aromatic ring is 1. The monoisotopic (exact) mass is 260 g/mol. The van der Waals surface area contributed by atoms with E-state index in [9.17, 15) is 8.78 Å². The van der Waals surface area contributed by atoms with Gasteiger partial charge < -0.3 is 15.4 Å². The topological polar surface area (TPSA) is 74.4 Å². The molecule has 1 aromatic heterocycles. The fourth-order valence-electron chi connectivity index (χ4n) is 1.57. The first kappa shape index (κ1) is 14.6. The van der Waals surface area contributed by atoms with Crippen molar-refractivity contribution in [3.63, 3.8) is 0 Å². The summed E-state index contributed by atoms with van der Waals surface area (Å²) in [5.41, 5.74) is 2.08. The van der Waals surface area contributed by atoms with E-state index in [1.54, 1.807) is 11.9 Å². The Labute approximate surface area is 105 Å². The fourth-order valence-corrected chi connectivity index (χ4v) is 1.57. The number of hydrogen-bond donors (Lipinski definition) is 3. The lowest BCUT2D eigenvalue weighted by atomic mass is 10.2. The number of aliphatic hydroxyl groups excluding tert-OH is 1. The van der Waals surface area contributed by atoms with Crippen molar-refractivity contribution in [1.82, 2.24) is 4.98 Å². The molecule has 1 aromatic rings. The summed E-state index contributed by atoms with van der Waals surface area (Å²) < 4.78 is 26.7. The molecule has 0 aliphatic rings. The van der Waals surface area contributed by atoms with Gasteiger partial charge in [-0.05, 0) is 19.3 Å². The van der Waals surface area contributed by atoms with Crippen molar-refractivity contribution in [2.45, 2.75) is 19.3 Å². The van der Waals surface area contributed by atoms with Crippen LogP contribution >= 0.6 is 0 Å². The SMILES string of the molecule is CN(CCCCCO)c1nc(NN)c(F)cc1F. The minimum Gasteiger partial charge on any atom is -0.396 e. The van der Waals surface area contributed by atoms with Crippen molar-refractivity contribution < 1.29 is 13.9 Å². The highest BCUT2D eigenvalue weighted by Gasteiger charge is 2.14. The lowest BCUT2D eigenvalue weighted by Crippen LogP contribution is -2.22. The van der Waals surface area contributed by atoms with Crippen LogP contribution in [0.1, 0.15) is 19.3 Å². The summed E-state index contributed by atoms with van der Waals surface area (Å²) in [5.74, 6) is 3.40. The molecule has 0 spiro atoms. The summed E-state index contributed by atoms with van der Waals surface area (Å²) >= 11 is 0. The van der Waals surface area contributed by atoms with Gasteiger partial charge in [0.05, 0.1) is 0 Å². The van der Waals surface area contributed by atoms with Gasteiger partial charge in [0.1, 0.15) is 0 Å². The number of hydrogen-bond acceptors (Lipinski definition) is 5. The highest BCUT2D eigenvalue weighted by atomic mass is 19.1. The molecule has 0 saturated heterocycles. The molecule has 7 heteroatoms. The Morgan fingerprint density at radius 3 is 2.67 bits per heavy atom. The van der Waals surface area contributed by atoms with Crippen LogP contribution in [0.25, 0.3) is 0 Å². The van der Waals surface area contributed by atoms with Crippen molar-refractivity contribution in [2.75, 3.05) is 30.5 Å². The Balaban J connectivity index is 2.69. The zero-order chi connectivity index (χ0) is 13.5. The molecule has 0 bridgehead atoms. The standard InChI is InChI=1S/C11H18F2N4O/c1-17(5-3-2-4-6-18)11-9(13)7-8(12)10(15-11)16-14/h7,18H,2-6,14H2,1H3,(H,15,16). The van der Waals surface area contributed by atoms with Crippen LogP contribution in [0.3, 0.4) is 0 Å². The van der Waals surface area contributed by atoms with E-state index in [0.29, 0.717) is 13.0 Å². The van der Waals surface area contributed by atoms with E-state index >= 15 is 0 Å². The molecule has 0 aliphatic carbocycles. The van der Waals surface area contributed by atoms with E-state index in [1.807, 2.05) is 0 Å². The summed E-state index contributed by atoms with van der Waals surface area (Å²) in [7, 11) is 1.67. The van der Waals surface area contributed by atoms with Crippen molar-refractivity contribution in [3.05, 3.63) is 17.7 Å². The molecule has 1 rings (SSSR count). The zero-order valence-corrected chi connectivity index (χ0v) is 10.3. The van der Waals surface area contributed by atoms with Gasteiger partial charge in [0.2, 0.25) is 0 Å². The Morgan fingerprint density at radius 1 is 1.33 bits per heavy atom. The molecule has 0 radical (unpaired) electrons. The van der Waals surface area contributed by atoms with Gasteiger partial charge >= 0.3 is 0 Å². The van der Waals surface area contributed by atoms with Crippen LogP contribution in [-0.4, -0.2) is 30.3 Å². The first-order valence-electron chi connectivity index (χ1n) is 5.74. The minimum absolute atomic E-state index is 0.0494. The molecule has 0 amide bonds. The number of nitrogens with zero attached hydrogens (tertiary/aromatic N) is 2. The van der Waals surface area contributed by atoms with Gasteiger partial charge in [-0.2, -0.15) is 0 Å². The Hall–Kier alpha value is -1.47. The first-order chi connectivity index (χ1) is 8.60. The van der Waals surface area contributed by atoms with E-state index in [1.165, 1.54) is 0 Å². The first-order valence-corrected chi connectivity index (χ1v) is 5.74. The maximum absolute atomic E-state index is 13.5. The number of halogens is 2.